The zero-order valence-corrected chi connectivity index (χ0v) is 12.4. The molecule has 0 bridgehead atoms. The van der Waals surface area contributed by atoms with Crippen LogP contribution in [-0.2, 0) is 0 Å². The van der Waals surface area contributed by atoms with Crippen molar-refractivity contribution in [2.75, 3.05) is 19.0 Å². The minimum Gasteiger partial charge on any atom is -0.372 e. The maximum Gasteiger partial charge on any atom is 0.0366 e. The summed E-state index contributed by atoms with van der Waals surface area (Å²) in [6, 6.07) is 9.38. The van der Waals surface area contributed by atoms with E-state index in [0.29, 0.717) is 0 Å². The summed E-state index contributed by atoms with van der Waals surface area (Å²) in [4.78, 5) is 2.44. The van der Waals surface area contributed by atoms with Crippen molar-refractivity contribution in [3.63, 3.8) is 0 Å². The van der Waals surface area contributed by atoms with Crippen LogP contribution in [-0.4, -0.2) is 20.1 Å². The van der Waals surface area contributed by atoms with E-state index in [1.807, 2.05) is 0 Å². The molecule has 0 aromatic heterocycles. The van der Waals surface area contributed by atoms with Crippen molar-refractivity contribution in [3.05, 3.63) is 28.7 Å². The van der Waals surface area contributed by atoms with Crippen LogP contribution in [0.15, 0.2) is 28.7 Å². The maximum absolute atomic E-state index is 4.50. The molecule has 2 N–H and O–H groups in total. The summed E-state index contributed by atoms with van der Waals surface area (Å²) in [5.74, 6) is 0. The molecule has 1 aromatic rings. The Kier molecular flexibility index (Phi) is 6.60. The van der Waals surface area contributed by atoms with Crippen LogP contribution in [0.2, 0.25) is 0 Å². The van der Waals surface area contributed by atoms with Crippen LogP contribution in [0.5, 0.6) is 0 Å². The van der Waals surface area contributed by atoms with Gasteiger partial charge < -0.3 is 10.6 Å². The van der Waals surface area contributed by atoms with Crippen molar-refractivity contribution in [3.8, 4) is 0 Å². The normalized spacial score (nSPS) is 16.0. The van der Waals surface area contributed by atoms with Gasteiger partial charge in [0.25, 0.3) is 0 Å². The first-order valence-electron chi connectivity index (χ1n) is 6.33. The van der Waals surface area contributed by atoms with Crippen molar-refractivity contribution in [2.24, 2.45) is 5.73 Å². The molecule has 0 heterocycles. The average Bonchev–Trinajstić information content (AvgIpc) is 2.42. The fraction of sp³-hybridized carbons (Fsp3) is 0.571. The van der Waals surface area contributed by atoms with Crippen LogP contribution in [0.3, 0.4) is 0 Å². The number of hydrogen-bond acceptors (Lipinski definition) is 2. The lowest BCUT2D eigenvalue weighted by atomic mass is 9.94. The fourth-order valence-corrected chi connectivity index (χ4v) is 2.62. The predicted octanol–water partition coefficient (Wildman–Crippen LogP) is 3.79. The zero-order valence-electron chi connectivity index (χ0n) is 10.8. The van der Waals surface area contributed by atoms with Crippen molar-refractivity contribution in [1.29, 1.82) is 0 Å². The molecule has 96 valence electrons. The van der Waals surface area contributed by atoms with Crippen molar-refractivity contribution >= 4 is 21.6 Å². The average molecular weight is 299 g/mol. The molecule has 0 aliphatic heterocycles. The van der Waals surface area contributed by atoms with Crippen LogP contribution in [0.1, 0.15) is 32.1 Å². The monoisotopic (exact) mass is 298 g/mol. The summed E-state index contributed by atoms with van der Waals surface area (Å²) >= 11 is 3.47. The Bertz CT molecular complexity index is 305. The molecule has 1 aliphatic carbocycles. The van der Waals surface area contributed by atoms with E-state index in [2.05, 4.69) is 57.9 Å². The summed E-state index contributed by atoms with van der Waals surface area (Å²) < 4.78 is 1.16. The van der Waals surface area contributed by atoms with Gasteiger partial charge in [-0.1, -0.05) is 35.2 Å². The van der Waals surface area contributed by atoms with Gasteiger partial charge in [0.15, 0.2) is 0 Å². The number of rotatable bonds is 2. The molecule has 0 unspecified atom stereocenters. The third kappa shape index (κ3) is 4.32. The molecular weight excluding hydrogens is 276 g/mol. The van der Waals surface area contributed by atoms with Gasteiger partial charge in [-0.15, -0.1) is 0 Å². The second-order valence-electron chi connectivity index (χ2n) is 4.38. The van der Waals surface area contributed by atoms with Crippen molar-refractivity contribution in [2.45, 2.75) is 38.1 Å². The maximum atomic E-state index is 4.50. The largest absolute Gasteiger partial charge is 0.372 e. The van der Waals surface area contributed by atoms with Gasteiger partial charge in [0.05, 0.1) is 0 Å². The van der Waals surface area contributed by atoms with E-state index >= 15 is 0 Å². The van der Waals surface area contributed by atoms with Crippen molar-refractivity contribution in [1.82, 2.24) is 0 Å². The standard InChI is InChI=1S/C13H18BrN.CH5N/c1-15(12-5-3-2-4-6-12)13-9-7-11(14)8-10-13;1-2/h7-10,12H,2-6H2,1H3;2H2,1H3. The third-order valence-electron chi connectivity index (χ3n) is 3.36. The van der Waals surface area contributed by atoms with Crippen LogP contribution in [0, 0.1) is 0 Å². The molecule has 1 saturated carbocycles. The first-order chi connectivity index (χ1) is 8.27. The Hall–Kier alpha value is -0.540. The van der Waals surface area contributed by atoms with E-state index in [9.17, 15) is 0 Å². The summed E-state index contributed by atoms with van der Waals surface area (Å²) in [6.07, 6.45) is 6.92. The molecule has 0 amide bonds. The number of nitrogens with two attached hydrogens (primary N) is 1. The van der Waals surface area contributed by atoms with Gasteiger partial charge in [-0.2, -0.15) is 0 Å². The van der Waals surface area contributed by atoms with E-state index in [4.69, 9.17) is 0 Å². The van der Waals surface area contributed by atoms with Gasteiger partial charge >= 0.3 is 0 Å². The predicted molar refractivity (Wildman–Crippen MR) is 79.5 cm³/mol. The van der Waals surface area contributed by atoms with Crippen molar-refractivity contribution < 1.29 is 0 Å². The molecule has 2 nitrogen and oxygen atoms in total. The molecule has 0 radical (unpaired) electrons. The molecule has 17 heavy (non-hydrogen) atoms. The van der Waals surface area contributed by atoms with E-state index in [1.54, 1.807) is 0 Å². The molecule has 1 aromatic carbocycles. The van der Waals surface area contributed by atoms with E-state index < -0.39 is 0 Å². The first-order valence-corrected chi connectivity index (χ1v) is 7.13. The SMILES string of the molecule is CN.CN(c1ccc(Br)cc1)C1CCCCC1. The van der Waals surface area contributed by atoms with E-state index in [0.717, 1.165) is 10.5 Å². The van der Waals surface area contributed by atoms with Gasteiger partial charge in [0, 0.05) is 23.2 Å². The van der Waals surface area contributed by atoms with E-state index in [-0.39, 0.29) is 0 Å². The summed E-state index contributed by atoms with van der Waals surface area (Å²) in [7, 11) is 3.72. The number of anilines is 1. The van der Waals surface area contributed by atoms with Crippen LogP contribution < -0.4 is 10.6 Å². The third-order valence-corrected chi connectivity index (χ3v) is 3.88. The second kappa shape index (κ2) is 7.72. The van der Waals surface area contributed by atoms with Gasteiger partial charge in [0.1, 0.15) is 0 Å². The van der Waals surface area contributed by atoms with Gasteiger partial charge in [-0.05, 0) is 44.2 Å². The zero-order chi connectivity index (χ0) is 12.7. The van der Waals surface area contributed by atoms with Crippen LogP contribution in [0.25, 0.3) is 0 Å². The Morgan fingerprint density at radius 3 is 2.12 bits per heavy atom. The molecule has 0 saturated heterocycles. The minimum absolute atomic E-state index is 0.750. The smallest absolute Gasteiger partial charge is 0.0366 e. The Morgan fingerprint density at radius 1 is 1.06 bits per heavy atom. The lowest BCUT2D eigenvalue weighted by Gasteiger charge is -2.33. The molecule has 1 aliphatic rings. The quantitative estimate of drug-likeness (QED) is 0.900. The highest BCUT2D eigenvalue weighted by Gasteiger charge is 2.17. The van der Waals surface area contributed by atoms with E-state index in [1.165, 1.54) is 44.8 Å². The van der Waals surface area contributed by atoms with Gasteiger partial charge in [0.2, 0.25) is 0 Å². The Morgan fingerprint density at radius 2 is 1.59 bits per heavy atom. The molecule has 0 spiro atoms. The lowest BCUT2D eigenvalue weighted by Crippen LogP contribution is -2.33. The van der Waals surface area contributed by atoms with Crippen LogP contribution in [0.4, 0.5) is 5.69 Å². The highest BCUT2D eigenvalue weighted by Crippen LogP contribution is 2.26. The number of benzene rings is 1. The van der Waals surface area contributed by atoms with Crippen LogP contribution >= 0.6 is 15.9 Å². The number of nitrogens with zero attached hydrogens (tertiary/aromatic N) is 1. The summed E-state index contributed by atoms with van der Waals surface area (Å²) in [5, 5.41) is 0. The Balaban J connectivity index is 0.000000686. The first kappa shape index (κ1) is 14.5. The minimum atomic E-state index is 0.750. The van der Waals surface area contributed by atoms with Gasteiger partial charge in [-0.3, -0.25) is 0 Å². The summed E-state index contributed by atoms with van der Waals surface area (Å²) in [5.41, 5.74) is 5.84. The Labute approximate surface area is 113 Å². The number of halogens is 1. The highest BCUT2D eigenvalue weighted by molar-refractivity contribution is 9.10. The van der Waals surface area contributed by atoms with Gasteiger partial charge in [-0.25, -0.2) is 0 Å². The molecular formula is C14H23BrN2. The molecule has 2 rings (SSSR count). The topological polar surface area (TPSA) is 29.3 Å². The summed E-state index contributed by atoms with van der Waals surface area (Å²) in [6.45, 7) is 0. The fourth-order valence-electron chi connectivity index (χ4n) is 2.36. The molecule has 3 heteroatoms. The second-order valence-corrected chi connectivity index (χ2v) is 5.29. The molecule has 0 atom stereocenters. The highest BCUT2D eigenvalue weighted by atomic mass is 79.9. The number of hydrogen-bond donors (Lipinski definition) is 1. The lowest BCUT2D eigenvalue weighted by molar-refractivity contribution is 0.427. The molecule has 1 fully saturated rings.